The van der Waals surface area contributed by atoms with Gasteiger partial charge in [0, 0.05) is 13.1 Å². The largest absolute Gasteiger partial charge is 0.460 e. The minimum atomic E-state index is -4.44. The van der Waals surface area contributed by atoms with E-state index in [-0.39, 0.29) is 18.1 Å². The minimum Gasteiger partial charge on any atom is -0.460 e. The van der Waals surface area contributed by atoms with Gasteiger partial charge in [-0.1, -0.05) is 19.9 Å². The summed E-state index contributed by atoms with van der Waals surface area (Å²) in [5.74, 6) is 0.259. The average molecular weight is 371 g/mol. The van der Waals surface area contributed by atoms with Crippen LogP contribution >= 0.6 is 0 Å². The Morgan fingerprint density at radius 2 is 1.96 bits per heavy atom. The summed E-state index contributed by atoms with van der Waals surface area (Å²) in [4.78, 5) is 14.1. The second kappa shape index (κ2) is 8.42. The van der Waals surface area contributed by atoms with Crippen molar-refractivity contribution in [3.8, 4) is 0 Å². The monoisotopic (exact) mass is 371 g/mol. The summed E-state index contributed by atoms with van der Waals surface area (Å²) in [6.45, 7) is 7.35. The van der Waals surface area contributed by atoms with E-state index in [1.54, 1.807) is 6.92 Å². The van der Waals surface area contributed by atoms with E-state index in [2.05, 4.69) is 24.4 Å². The summed E-state index contributed by atoms with van der Waals surface area (Å²) in [6.07, 6.45) is -3.39. The first kappa shape index (κ1) is 20.1. The molecule has 0 amide bonds. The molecule has 0 radical (unpaired) electrons. The molecule has 1 aromatic rings. The van der Waals surface area contributed by atoms with Crippen molar-refractivity contribution in [3.05, 3.63) is 29.8 Å². The van der Waals surface area contributed by atoms with Crippen molar-refractivity contribution in [1.82, 2.24) is 4.90 Å². The number of hydrazone groups is 1. The van der Waals surface area contributed by atoms with E-state index in [0.717, 1.165) is 18.6 Å². The number of amidine groups is 1. The van der Waals surface area contributed by atoms with Crippen molar-refractivity contribution in [2.45, 2.75) is 33.4 Å². The SMILES string of the molecule is CCOC(=O)/C(=N/Nc1cccc(C(F)(F)F)c1)N1CC(C)CC(C)C1. The molecule has 26 heavy (non-hydrogen) atoms. The molecule has 0 bridgehead atoms. The lowest BCUT2D eigenvalue weighted by molar-refractivity contribution is -0.138. The van der Waals surface area contributed by atoms with Crippen LogP contribution in [-0.4, -0.2) is 36.4 Å². The summed E-state index contributed by atoms with van der Waals surface area (Å²) >= 11 is 0. The highest BCUT2D eigenvalue weighted by Crippen LogP contribution is 2.30. The molecule has 1 saturated heterocycles. The molecule has 0 aromatic heterocycles. The Morgan fingerprint density at radius 1 is 1.31 bits per heavy atom. The molecule has 144 valence electrons. The van der Waals surface area contributed by atoms with Crippen LogP contribution in [0, 0.1) is 11.8 Å². The van der Waals surface area contributed by atoms with Gasteiger partial charge in [-0.2, -0.15) is 13.2 Å². The van der Waals surface area contributed by atoms with Gasteiger partial charge < -0.3 is 9.64 Å². The van der Waals surface area contributed by atoms with Crippen molar-refractivity contribution in [1.29, 1.82) is 0 Å². The molecule has 1 aromatic carbocycles. The number of esters is 1. The van der Waals surface area contributed by atoms with Gasteiger partial charge in [-0.15, -0.1) is 5.10 Å². The Morgan fingerprint density at radius 3 is 2.54 bits per heavy atom. The third-order valence-electron chi connectivity index (χ3n) is 4.11. The zero-order valence-corrected chi connectivity index (χ0v) is 15.1. The number of nitrogens with zero attached hydrogens (tertiary/aromatic N) is 2. The van der Waals surface area contributed by atoms with E-state index < -0.39 is 17.7 Å². The van der Waals surface area contributed by atoms with Crippen LogP contribution in [0.2, 0.25) is 0 Å². The number of nitrogens with one attached hydrogen (secondary N) is 1. The van der Waals surface area contributed by atoms with Crippen molar-refractivity contribution in [2.75, 3.05) is 25.1 Å². The quantitative estimate of drug-likeness (QED) is 0.378. The van der Waals surface area contributed by atoms with Crippen molar-refractivity contribution in [3.63, 3.8) is 0 Å². The van der Waals surface area contributed by atoms with Gasteiger partial charge in [-0.3, -0.25) is 5.43 Å². The van der Waals surface area contributed by atoms with E-state index in [0.29, 0.717) is 24.9 Å². The van der Waals surface area contributed by atoms with Gasteiger partial charge in [0.05, 0.1) is 17.9 Å². The van der Waals surface area contributed by atoms with E-state index in [9.17, 15) is 18.0 Å². The Labute approximate surface area is 151 Å². The Hall–Kier alpha value is -2.25. The predicted octanol–water partition coefficient (Wildman–Crippen LogP) is 3.97. The van der Waals surface area contributed by atoms with Crippen LogP contribution in [0.5, 0.6) is 0 Å². The Bertz CT molecular complexity index is 651. The molecule has 1 N–H and O–H groups in total. The fourth-order valence-corrected chi connectivity index (χ4v) is 3.16. The molecular weight excluding hydrogens is 347 g/mol. The van der Waals surface area contributed by atoms with E-state index >= 15 is 0 Å². The van der Waals surface area contributed by atoms with E-state index in [1.807, 2.05) is 4.90 Å². The Balaban J connectivity index is 2.24. The van der Waals surface area contributed by atoms with Crippen LogP contribution in [0.3, 0.4) is 0 Å². The molecule has 1 heterocycles. The summed E-state index contributed by atoms with van der Waals surface area (Å²) in [7, 11) is 0. The zero-order chi connectivity index (χ0) is 19.3. The number of alkyl halides is 3. The third kappa shape index (κ3) is 5.37. The normalized spacial score (nSPS) is 21.5. The van der Waals surface area contributed by atoms with Crippen LogP contribution in [-0.2, 0) is 15.7 Å². The van der Waals surface area contributed by atoms with Crippen LogP contribution < -0.4 is 5.43 Å². The van der Waals surface area contributed by atoms with Crippen LogP contribution in [0.15, 0.2) is 29.4 Å². The average Bonchev–Trinajstić information content (AvgIpc) is 2.54. The smallest absolute Gasteiger partial charge is 0.416 e. The molecule has 1 aliphatic rings. The highest BCUT2D eigenvalue weighted by Gasteiger charge is 2.31. The molecule has 5 nitrogen and oxygen atoms in total. The summed E-state index contributed by atoms with van der Waals surface area (Å²) in [5, 5.41) is 4.08. The number of anilines is 1. The number of carbonyl (C=O) groups is 1. The second-order valence-electron chi connectivity index (χ2n) is 6.70. The number of benzene rings is 1. The van der Waals surface area contributed by atoms with Crippen LogP contribution in [0.25, 0.3) is 0 Å². The highest BCUT2D eigenvalue weighted by molar-refractivity contribution is 6.35. The molecule has 8 heteroatoms. The molecule has 2 atom stereocenters. The van der Waals surface area contributed by atoms with Gasteiger partial charge in [0.15, 0.2) is 0 Å². The van der Waals surface area contributed by atoms with Crippen LogP contribution in [0.1, 0.15) is 32.8 Å². The van der Waals surface area contributed by atoms with Gasteiger partial charge >= 0.3 is 12.1 Å². The predicted molar refractivity (Wildman–Crippen MR) is 93.7 cm³/mol. The third-order valence-corrected chi connectivity index (χ3v) is 4.11. The van der Waals surface area contributed by atoms with Crippen molar-refractivity contribution in [2.24, 2.45) is 16.9 Å². The fraction of sp³-hybridized carbons (Fsp3) is 0.556. The first-order valence-corrected chi connectivity index (χ1v) is 8.63. The van der Waals surface area contributed by atoms with Gasteiger partial charge in [-0.05, 0) is 43.4 Å². The second-order valence-corrected chi connectivity index (χ2v) is 6.70. The lowest BCUT2D eigenvalue weighted by Gasteiger charge is -2.36. The van der Waals surface area contributed by atoms with Gasteiger partial charge in [-0.25, -0.2) is 4.79 Å². The van der Waals surface area contributed by atoms with E-state index in [4.69, 9.17) is 4.74 Å². The lowest BCUT2D eigenvalue weighted by Crippen LogP contribution is -2.46. The summed E-state index contributed by atoms with van der Waals surface area (Å²) in [6, 6.07) is 4.68. The summed E-state index contributed by atoms with van der Waals surface area (Å²) in [5.41, 5.74) is 1.94. The maximum atomic E-state index is 12.8. The number of ether oxygens (including phenoxy) is 1. The van der Waals surface area contributed by atoms with Gasteiger partial charge in [0.25, 0.3) is 0 Å². The number of likely N-dealkylation sites (tertiary alicyclic amines) is 1. The molecule has 2 unspecified atom stereocenters. The highest BCUT2D eigenvalue weighted by atomic mass is 19.4. The molecule has 2 rings (SSSR count). The number of rotatable bonds is 3. The number of hydrogen-bond acceptors (Lipinski definition) is 4. The standard InChI is InChI=1S/C18H24F3N3O2/c1-4-26-17(25)16(24-10-12(2)8-13(3)11-24)23-22-15-7-5-6-14(9-15)18(19,20)21/h5-7,9,12-13,22H,4,8,10-11H2,1-3H3/b23-16-. The maximum absolute atomic E-state index is 12.8. The molecule has 0 aliphatic carbocycles. The number of halogens is 3. The first-order chi connectivity index (χ1) is 12.2. The molecular formula is C18H24F3N3O2. The van der Waals surface area contributed by atoms with E-state index in [1.165, 1.54) is 12.1 Å². The summed E-state index contributed by atoms with van der Waals surface area (Å²) < 4.78 is 43.5. The zero-order valence-electron chi connectivity index (χ0n) is 15.1. The molecule has 0 spiro atoms. The maximum Gasteiger partial charge on any atom is 0.416 e. The number of piperidine rings is 1. The molecule has 1 aliphatic heterocycles. The molecule has 1 fully saturated rings. The van der Waals surface area contributed by atoms with Crippen LogP contribution in [0.4, 0.5) is 18.9 Å². The number of carbonyl (C=O) groups excluding carboxylic acids is 1. The topological polar surface area (TPSA) is 53.9 Å². The van der Waals surface area contributed by atoms with Gasteiger partial charge in [0.2, 0.25) is 5.84 Å². The Kier molecular flexibility index (Phi) is 6.50. The van der Waals surface area contributed by atoms with Crippen molar-refractivity contribution < 1.29 is 22.7 Å². The lowest BCUT2D eigenvalue weighted by atomic mass is 9.92. The fourth-order valence-electron chi connectivity index (χ4n) is 3.16. The van der Waals surface area contributed by atoms with Gasteiger partial charge in [0.1, 0.15) is 0 Å². The number of hydrogen-bond donors (Lipinski definition) is 1. The first-order valence-electron chi connectivity index (χ1n) is 8.63. The van der Waals surface area contributed by atoms with Crippen molar-refractivity contribution >= 4 is 17.5 Å². The minimum absolute atomic E-state index is 0.0858. The molecule has 0 saturated carbocycles.